The van der Waals surface area contributed by atoms with Gasteiger partial charge in [0, 0.05) is 59.0 Å². The first kappa shape index (κ1) is 45.9. The van der Waals surface area contributed by atoms with Gasteiger partial charge in [-0.1, -0.05) is 120 Å². The van der Waals surface area contributed by atoms with Crippen LogP contribution in [-0.2, 0) is 18.6 Å². The molecule has 13 heteroatoms. The minimum atomic E-state index is -0.881. The summed E-state index contributed by atoms with van der Waals surface area (Å²) in [5.41, 5.74) is 4.35. The molecule has 2 aliphatic carbocycles. The Morgan fingerprint density at radius 2 is 1.65 bits per heavy atom. The maximum atomic E-state index is 14.5. The molecule has 6 N–H and O–H groups in total. The van der Waals surface area contributed by atoms with Crippen molar-refractivity contribution in [1.29, 1.82) is 0 Å². The number of hydrogen-bond donors (Lipinski definition) is 6. The smallest absolute Gasteiger partial charge is 0.238 e. The number of aliphatic hydroxyl groups excluding tert-OH is 2. The third-order valence-corrected chi connectivity index (χ3v) is 19.1. The van der Waals surface area contributed by atoms with E-state index in [2.05, 4.69) is 43.4 Å². The van der Waals surface area contributed by atoms with Crippen molar-refractivity contribution >= 4 is 54.1 Å². The molecule has 4 aliphatic rings. The largest absolute Gasteiger partial charge is 0.508 e. The normalized spacial score (nSPS) is 24.3. The van der Waals surface area contributed by atoms with E-state index in [9.17, 15) is 30.3 Å². The van der Waals surface area contributed by atoms with Gasteiger partial charge < -0.3 is 40.0 Å². The fraction of sp³-hybridized carbons (Fsp3) is 0.571. The number of benzene rings is 3. The highest BCUT2D eigenvalue weighted by atomic mass is 33.1. The van der Waals surface area contributed by atoms with Gasteiger partial charge in [0.25, 0.3) is 0 Å². The molecule has 4 unspecified atom stereocenters. The van der Waals surface area contributed by atoms with E-state index in [1.165, 1.54) is 56.2 Å². The molecule has 1 saturated heterocycles. The Morgan fingerprint density at radius 1 is 0.855 bits per heavy atom. The number of phenols is 2. The summed E-state index contributed by atoms with van der Waals surface area (Å²) in [5, 5.41) is 62.2. The van der Waals surface area contributed by atoms with Crippen molar-refractivity contribution in [1.82, 2.24) is 5.32 Å². The van der Waals surface area contributed by atoms with Gasteiger partial charge >= 0.3 is 0 Å². The van der Waals surface area contributed by atoms with Gasteiger partial charge in [0.15, 0.2) is 5.76 Å². The minimum Gasteiger partial charge on any atom is -0.508 e. The summed E-state index contributed by atoms with van der Waals surface area (Å²) in [6.45, 7) is 4.18. The molecule has 0 radical (unpaired) electrons. The molecule has 2 bridgehead atoms. The summed E-state index contributed by atoms with van der Waals surface area (Å²) in [7, 11) is 7.03. The van der Waals surface area contributed by atoms with Crippen LogP contribution in [0.2, 0.25) is 0 Å². The maximum absolute atomic E-state index is 14.5. The Morgan fingerprint density at radius 3 is 2.44 bits per heavy atom. The van der Waals surface area contributed by atoms with Crippen LogP contribution in [0.1, 0.15) is 138 Å². The first-order chi connectivity index (χ1) is 30.0. The van der Waals surface area contributed by atoms with Crippen LogP contribution >= 0.6 is 43.2 Å². The summed E-state index contributed by atoms with van der Waals surface area (Å²) in [5.74, 6) is 1.78. The van der Waals surface area contributed by atoms with Crippen LogP contribution in [0.5, 0.6) is 23.0 Å². The van der Waals surface area contributed by atoms with Gasteiger partial charge in [-0.05, 0) is 92.0 Å². The molecule has 2 saturated carbocycles. The quantitative estimate of drug-likeness (QED) is 0.0976. The van der Waals surface area contributed by atoms with Gasteiger partial charge in [-0.25, -0.2) is 0 Å². The first-order valence-electron chi connectivity index (χ1n) is 22.8. The molecule has 1 spiro atoms. The SMILES string of the molecule is CC(C)Cc1cc(-c2oc3cc(O)cc(OC4CCC(O)C5(CCCCC5)SSCCCC4O)c3c(=O)c2O)c2c(c1O)Cc1cccc(c1)C(NC1CCCCC1)CSSC2. The molecule has 9 nitrogen and oxygen atoms in total. The molecule has 1 aromatic heterocycles. The zero-order valence-corrected chi connectivity index (χ0v) is 39.3. The fourth-order valence-electron chi connectivity index (χ4n) is 10.0. The molecule has 8 rings (SSSR count). The maximum Gasteiger partial charge on any atom is 0.238 e. The van der Waals surface area contributed by atoms with Crippen molar-refractivity contribution in [3.05, 3.63) is 80.5 Å². The topological polar surface area (TPSA) is 153 Å². The molecule has 4 atom stereocenters. The highest BCUT2D eigenvalue weighted by Crippen LogP contribution is 2.50. The Bertz CT molecular complexity index is 2240. The zero-order valence-electron chi connectivity index (χ0n) is 36.0. The molecule has 3 fully saturated rings. The third-order valence-electron chi connectivity index (χ3n) is 13.4. The van der Waals surface area contributed by atoms with Gasteiger partial charge in [0.05, 0.1) is 17.0 Å². The van der Waals surface area contributed by atoms with Gasteiger partial charge in [-0.15, -0.1) is 0 Å². The lowest BCUT2D eigenvalue weighted by molar-refractivity contribution is 0.0118. The average Bonchev–Trinajstić information content (AvgIpc) is 3.29. The van der Waals surface area contributed by atoms with E-state index >= 15 is 0 Å². The van der Waals surface area contributed by atoms with Gasteiger partial charge in [-0.2, -0.15) is 0 Å². The van der Waals surface area contributed by atoms with E-state index in [1.54, 1.807) is 43.2 Å². The predicted octanol–water partition coefficient (Wildman–Crippen LogP) is 11.4. The number of fused-ring (bicyclic) bond motifs is 4. The zero-order chi connectivity index (χ0) is 43.4. The van der Waals surface area contributed by atoms with Crippen LogP contribution in [0, 0.1) is 5.92 Å². The van der Waals surface area contributed by atoms with Crippen molar-refractivity contribution in [2.75, 3.05) is 11.5 Å². The fourth-order valence-corrected chi connectivity index (χ4v) is 15.8. The Hall–Kier alpha value is -2.65. The first-order valence-corrected chi connectivity index (χ1v) is 27.6. The van der Waals surface area contributed by atoms with E-state index < -0.39 is 29.5 Å². The van der Waals surface area contributed by atoms with Crippen molar-refractivity contribution in [2.45, 2.75) is 157 Å². The highest BCUT2D eigenvalue weighted by Gasteiger charge is 2.41. The summed E-state index contributed by atoms with van der Waals surface area (Å²) >= 11 is 0. The molecule has 2 aliphatic heterocycles. The van der Waals surface area contributed by atoms with Crippen LogP contribution in [0.15, 0.2) is 51.7 Å². The highest BCUT2D eigenvalue weighted by molar-refractivity contribution is 8.77. The number of rotatable bonds is 7. The van der Waals surface area contributed by atoms with E-state index in [-0.39, 0.29) is 50.7 Å². The second kappa shape index (κ2) is 20.7. The lowest BCUT2D eigenvalue weighted by Crippen LogP contribution is -2.42. The second-order valence-corrected chi connectivity index (χ2v) is 23.8. The molecule has 3 aromatic carbocycles. The van der Waals surface area contributed by atoms with Gasteiger partial charge in [0.1, 0.15) is 34.3 Å². The second-order valence-electron chi connectivity index (χ2n) is 18.4. The van der Waals surface area contributed by atoms with Gasteiger partial charge in [0.2, 0.25) is 11.2 Å². The summed E-state index contributed by atoms with van der Waals surface area (Å²) in [6, 6.07) is 13.9. The van der Waals surface area contributed by atoms with Crippen molar-refractivity contribution < 1.29 is 34.7 Å². The number of nitrogens with one attached hydrogen (secondary N) is 1. The number of ether oxygens (including phenoxy) is 1. The summed E-state index contributed by atoms with van der Waals surface area (Å²) in [4.78, 5) is 14.5. The van der Waals surface area contributed by atoms with E-state index in [0.29, 0.717) is 55.0 Å². The standard InChI is InChI=1S/C49H63NO8S4/c1-29(2)21-32-24-36(37-27-60-61-28-38(50-33-13-5-3-6-14-33)31-12-9-11-30(22-31)23-35(37)45(32)54)48-47(56)46(55)44-41(25-34(51)26-42(44)58-48)57-40-16-17-43(53)49(18-7-4-8-19-49)62-59-20-10-15-39(40)52/h9,11-12,22,24-26,29,33,38-40,43,50-54,56H,3-8,10,13-21,23,27-28H2,1-2H3. The monoisotopic (exact) mass is 921 g/mol. The molecule has 336 valence electrons. The van der Waals surface area contributed by atoms with Crippen LogP contribution in [0.4, 0.5) is 0 Å². The number of aliphatic hydroxyl groups is 2. The van der Waals surface area contributed by atoms with E-state index in [1.807, 2.05) is 6.07 Å². The third kappa shape index (κ3) is 10.4. The van der Waals surface area contributed by atoms with E-state index in [4.69, 9.17) is 9.15 Å². The number of phenolic OH excluding ortho intramolecular Hbond substituents is 2. The van der Waals surface area contributed by atoms with Crippen LogP contribution in [0.25, 0.3) is 22.3 Å². The summed E-state index contributed by atoms with van der Waals surface area (Å²) < 4.78 is 12.8. The molecule has 3 heterocycles. The molecule has 4 aromatic rings. The lowest BCUT2D eigenvalue weighted by atomic mass is 9.82. The van der Waals surface area contributed by atoms with Gasteiger partial charge in [-0.3, -0.25) is 4.79 Å². The lowest BCUT2D eigenvalue weighted by Gasteiger charge is -2.40. The Kier molecular flexibility index (Phi) is 15.3. The number of hydrogen-bond acceptors (Lipinski definition) is 13. The molecular weight excluding hydrogens is 859 g/mol. The van der Waals surface area contributed by atoms with Crippen LogP contribution in [-0.4, -0.2) is 66.1 Å². The summed E-state index contributed by atoms with van der Waals surface area (Å²) in [6.07, 6.45) is 12.2. The molecular formula is C49H63NO8S4. The Labute approximate surface area is 381 Å². The predicted molar refractivity (Wildman–Crippen MR) is 258 cm³/mol. The Balaban J connectivity index is 1.16. The molecule has 0 amide bonds. The molecule has 62 heavy (non-hydrogen) atoms. The number of aromatic hydroxyl groups is 3. The average molecular weight is 922 g/mol. The van der Waals surface area contributed by atoms with Crippen LogP contribution in [0.3, 0.4) is 0 Å². The van der Waals surface area contributed by atoms with Crippen LogP contribution < -0.4 is 15.5 Å². The van der Waals surface area contributed by atoms with Crippen molar-refractivity contribution in [3.63, 3.8) is 0 Å². The minimum absolute atomic E-state index is 0.00822. The van der Waals surface area contributed by atoms with E-state index in [0.717, 1.165) is 60.3 Å². The van der Waals surface area contributed by atoms with Crippen molar-refractivity contribution in [2.24, 2.45) is 5.92 Å². The van der Waals surface area contributed by atoms with Crippen molar-refractivity contribution in [3.8, 4) is 34.3 Å².